The van der Waals surface area contributed by atoms with Crippen LogP contribution in [0.15, 0.2) is 23.8 Å². The summed E-state index contributed by atoms with van der Waals surface area (Å²) in [6, 6.07) is -0.234. The van der Waals surface area contributed by atoms with E-state index in [9.17, 15) is 29.7 Å². The number of likely N-dealkylation sites (N-methyl/N-ethyl adjacent to an activating group) is 1. The molecule has 0 aromatic rings. The van der Waals surface area contributed by atoms with E-state index in [1.54, 1.807) is 32.9 Å². The van der Waals surface area contributed by atoms with Crippen LogP contribution < -0.4 is 0 Å². The number of rotatable bonds is 7. The fraction of sp³-hybridized carbons (Fsp3) is 0.774. The minimum atomic E-state index is -1.20. The Morgan fingerprint density at radius 1 is 1.12 bits per heavy atom. The Hall–Kier alpha value is -1.95. The predicted molar refractivity (Wildman–Crippen MR) is 154 cm³/mol. The van der Waals surface area contributed by atoms with Crippen molar-refractivity contribution in [2.24, 2.45) is 23.7 Å². The van der Waals surface area contributed by atoms with Crippen molar-refractivity contribution < 1.29 is 43.9 Å². The highest BCUT2D eigenvalue weighted by Gasteiger charge is 2.43. The summed E-state index contributed by atoms with van der Waals surface area (Å²) in [4.78, 5) is 39.8. The maximum Gasteiger partial charge on any atom is 0.308 e. The van der Waals surface area contributed by atoms with Crippen LogP contribution in [0.5, 0.6) is 0 Å². The minimum absolute atomic E-state index is 0.0536. The van der Waals surface area contributed by atoms with Crippen molar-refractivity contribution in [3.63, 3.8) is 0 Å². The van der Waals surface area contributed by atoms with Gasteiger partial charge in [-0.15, -0.1) is 0 Å². The molecule has 2 heterocycles. The molecule has 1 fully saturated rings. The quantitative estimate of drug-likeness (QED) is 0.303. The van der Waals surface area contributed by atoms with Crippen LogP contribution in [-0.2, 0) is 28.6 Å². The Balaban J connectivity index is 2.50. The van der Waals surface area contributed by atoms with Gasteiger partial charge in [0.25, 0.3) is 0 Å². The summed E-state index contributed by atoms with van der Waals surface area (Å²) in [5.41, 5.74) is 0.735. The lowest BCUT2D eigenvalue weighted by atomic mass is 9.79. The second-order valence-corrected chi connectivity index (χ2v) is 12.0. The van der Waals surface area contributed by atoms with Crippen LogP contribution in [0.25, 0.3) is 0 Å². The van der Waals surface area contributed by atoms with Crippen LogP contribution >= 0.6 is 0 Å². The number of esters is 1. The first-order chi connectivity index (χ1) is 19.3. The maximum absolute atomic E-state index is 13.1. The summed E-state index contributed by atoms with van der Waals surface area (Å²) in [7, 11) is 3.73. The van der Waals surface area contributed by atoms with E-state index in [0.29, 0.717) is 12.8 Å². The third-order valence-corrected chi connectivity index (χ3v) is 8.44. The van der Waals surface area contributed by atoms with Crippen molar-refractivity contribution in [1.29, 1.82) is 0 Å². The first-order valence-electron chi connectivity index (χ1n) is 14.8. The molecule has 0 spiro atoms. The van der Waals surface area contributed by atoms with E-state index in [0.717, 1.165) is 11.9 Å². The summed E-state index contributed by atoms with van der Waals surface area (Å²) >= 11 is 0. The van der Waals surface area contributed by atoms with Gasteiger partial charge < -0.3 is 39.2 Å². The average Bonchev–Trinajstić information content (AvgIpc) is 2.92. The molecule has 0 aromatic heterocycles. The highest BCUT2D eigenvalue weighted by molar-refractivity contribution is 5.91. The monoisotopic (exact) mass is 581 g/mol. The van der Waals surface area contributed by atoms with E-state index in [1.807, 2.05) is 32.8 Å². The molecule has 234 valence electrons. The molecule has 2 aliphatic rings. The summed E-state index contributed by atoms with van der Waals surface area (Å²) in [5.74, 6) is -2.89. The lowest BCUT2D eigenvalue weighted by molar-refractivity contribution is -0.283. The molecular weight excluding hydrogens is 530 g/mol. The van der Waals surface area contributed by atoms with E-state index in [1.165, 1.54) is 6.08 Å². The molecule has 0 saturated carbocycles. The number of carbonyl (C=O) groups is 3. The topological polar surface area (TPSA) is 143 Å². The number of allylic oxidation sites excluding steroid dienone is 3. The summed E-state index contributed by atoms with van der Waals surface area (Å²) < 4.78 is 18.1. The smallest absolute Gasteiger partial charge is 0.308 e. The number of hydrogen-bond acceptors (Lipinski definition) is 10. The van der Waals surface area contributed by atoms with Gasteiger partial charge in [0.15, 0.2) is 12.1 Å². The van der Waals surface area contributed by atoms with E-state index < -0.39 is 60.3 Å². The fourth-order valence-corrected chi connectivity index (χ4v) is 5.85. The molecule has 11 atom stereocenters. The molecular formula is C31H51NO9. The fourth-order valence-electron chi connectivity index (χ4n) is 5.85. The standard InChI is InChI=1S/C31H51NO9/c1-8-27-23(17-34)13-18(2)9-10-25(35)19(3)14-22(11-12-33)30(21(5)26(36)16-28(37)40-27)41-31-29(38)24(32(6)7)15-20(4)39-31/h9-10,12-13,19-24,26-27,29-31,34,36,38H,8,11,14-17H2,1-7H3/b10-9+,18-13+/t19-,20-,21+,22+,23-,24+,26-,27-,29-,30-,31+/m1/s1. The zero-order valence-corrected chi connectivity index (χ0v) is 25.6. The van der Waals surface area contributed by atoms with Crippen molar-refractivity contribution in [2.75, 3.05) is 20.7 Å². The molecule has 0 aliphatic carbocycles. The number of aliphatic hydroxyl groups excluding tert-OH is 3. The number of aliphatic hydroxyl groups is 3. The van der Waals surface area contributed by atoms with E-state index in [2.05, 4.69) is 0 Å². The molecule has 1 saturated heterocycles. The molecule has 0 radical (unpaired) electrons. The Morgan fingerprint density at radius 2 is 1.80 bits per heavy atom. The van der Waals surface area contributed by atoms with Crippen LogP contribution in [0.1, 0.15) is 66.7 Å². The molecule has 0 aromatic carbocycles. The van der Waals surface area contributed by atoms with Gasteiger partial charge in [-0.2, -0.15) is 0 Å². The normalized spacial score (nSPS) is 40.5. The van der Waals surface area contributed by atoms with Gasteiger partial charge >= 0.3 is 5.97 Å². The number of hydrogen-bond donors (Lipinski definition) is 3. The van der Waals surface area contributed by atoms with Crippen LogP contribution in [0.2, 0.25) is 0 Å². The average molecular weight is 582 g/mol. The lowest BCUT2D eigenvalue weighted by Gasteiger charge is -2.44. The van der Waals surface area contributed by atoms with Crippen LogP contribution in [0.4, 0.5) is 0 Å². The molecule has 0 unspecified atom stereocenters. The Morgan fingerprint density at radius 3 is 2.39 bits per heavy atom. The first-order valence-corrected chi connectivity index (χ1v) is 14.8. The molecule has 41 heavy (non-hydrogen) atoms. The first kappa shape index (κ1) is 35.2. The van der Waals surface area contributed by atoms with Crippen LogP contribution in [0.3, 0.4) is 0 Å². The molecule has 0 bridgehead atoms. The van der Waals surface area contributed by atoms with Gasteiger partial charge in [-0.25, -0.2) is 0 Å². The molecule has 3 N–H and O–H groups in total. The SMILES string of the molecule is CC[C@H]1OC(=O)C[C@@H](O)[C@H](C)[C@@H](O[C@@H]2O[C@H](C)C[C@H](N(C)C)[C@H]2O)[C@@H](CC=O)C[C@@H](C)C(=O)/C=C/C(C)=C/[C@@H]1CO. The number of cyclic esters (lactones) is 1. The zero-order valence-electron chi connectivity index (χ0n) is 25.6. The Kier molecular flexibility index (Phi) is 14.3. The number of ether oxygens (including phenoxy) is 3. The van der Waals surface area contributed by atoms with Gasteiger partial charge in [0.05, 0.1) is 31.3 Å². The third kappa shape index (κ3) is 10.1. The van der Waals surface area contributed by atoms with Crippen molar-refractivity contribution in [2.45, 2.75) is 110 Å². The lowest BCUT2D eigenvalue weighted by Crippen LogP contribution is -2.56. The predicted octanol–water partition coefficient (Wildman–Crippen LogP) is 2.43. The second kappa shape index (κ2) is 16.6. The largest absolute Gasteiger partial charge is 0.462 e. The molecule has 2 aliphatic heterocycles. The second-order valence-electron chi connectivity index (χ2n) is 12.0. The minimum Gasteiger partial charge on any atom is -0.462 e. The number of ketones is 1. The maximum atomic E-state index is 13.1. The van der Waals surface area contributed by atoms with Crippen LogP contribution in [-0.4, -0.2) is 102 Å². The van der Waals surface area contributed by atoms with Crippen LogP contribution in [0, 0.1) is 23.7 Å². The van der Waals surface area contributed by atoms with Gasteiger partial charge in [0.2, 0.25) is 0 Å². The van der Waals surface area contributed by atoms with E-state index in [4.69, 9.17) is 14.2 Å². The van der Waals surface area contributed by atoms with Gasteiger partial charge in [0.1, 0.15) is 18.5 Å². The summed E-state index contributed by atoms with van der Waals surface area (Å²) in [6.07, 6.45) is 1.85. The van der Waals surface area contributed by atoms with Crippen molar-refractivity contribution in [3.8, 4) is 0 Å². The highest BCUT2D eigenvalue weighted by Crippen LogP contribution is 2.34. The van der Waals surface area contributed by atoms with Crippen molar-refractivity contribution in [1.82, 2.24) is 4.90 Å². The zero-order chi connectivity index (χ0) is 30.9. The van der Waals surface area contributed by atoms with Crippen molar-refractivity contribution in [3.05, 3.63) is 23.8 Å². The van der Waals surface area contributed by atoms with Gasteiger partial charge in [-0.1, -0.05) is 38.5 Å². The Labute approximate surface area is 244 Å². The third-order valence-electron chi connectivity index (χ3n) is 8.44. The molecule has 10 heteroatoms. The van der Waals surface area contributed by atoms with E-state index >= 15 is 0 Å². The summed E-state index contributed by atoms with van der Waals surface area (Å²) in [6.45, 7) is 8.78. The number of aldehydes is 1. The molecule has 0 amide bonds. The number of carbonyl (C=O) groups excluding carboxylic acids is 3. The summed E-state index contributed by atoms with van der Waals surface area (Å²) in [5, 5.41) is 32.3. The van der Waals surface area contributed by atoms with Gasteiger partial charge in [0, 0.05) is 30.2 Å². The highest BCUT2D eigenvalue weighted by atomic mass is 16.7. The van der Waals surface area contributed by atoms with Gasteiger partial charge in [-0.05, 0) is 59.2 Å². The molecule has 2 rings (SSSR count). The number of nitrogens with zero attached hydrogens (tertiary/aromatic N) is 1. The Bertz CT molecular complexity index is 919. The van der Waals surface area contributed by atoms with Gasteiger partial charge in [-0.3, -0.25) is 9.59 Å². The molecule has 10 nitrogen and oxygen atoms in total. The van der Waals surface area contributed by atoms with Crippen molar-refractivity contribution >= 4 is 18.0 Å². The van der Waals surface area contributed by atoms with E-state index in [-0.39, 0.29) is 43.8 Å².